The van der Waals surface area contributed by atoms with E-state index in [1.165, 1.54) is 29.5 Å². The third-order valence-electron chi connectivity index (χ3n) is 3.44. The lowest BCUT2D eigenvalue weighted by atomic mass is 10.1. The minimum atomic E-state index is 0.538. The summed E-state index contributed by atoms with van der Waals surface area (Å²) in [5.74, 6) is 0. The lowest BCUT2D eigenvalue weighted by Crippen LogP contribution is -2.36. The molecule has 0 bridgehead atoms. The Labute approximate surface area is 105 Å². The largest absolute Gasteiger partial charge is 0.312 e. The van der Waals surface area contributed by atoms with Crippen molar-refractivity contribution < 1.29 is 0 Å². The number of hydrogen-bond donors (Lipinski definition) is 2. The molecule has 2 nitrogen and oxygen atoms in total. The molecule has 94 valence electrons. The molecule has 1 fully saturated rings. The predicted octanol–water partition coefficient (Wildman–Crippen LogP) is 2.53. The standard InChI is InChI=1S/C15H24N2/c1-11-4-5-12(2)14(8-11)10-16-13(3)9-17-15-6-7-15/h4-5,8,13,15-17H,6-7,9-10H2,1-3H3. The number of hydrogen-bond acceptors (Lipinski definition) is 2. The molecule has 0 radical (unpaired) electrons. The summed E-state index contributed by atoms with van der Waals surface area (Å²) in [7, 11) is 0. The van der Waals surface area contributed by atoms with Gasteiger partial charge >= 0.3 is 0 Å². The minimum Gasteiger partial charge on any atom is -0.312 e. The molecule has 0 heterocycles. The first-order valence-corrected chi connectivity index (χ1v) is 6.68. The Bertz CT molecular complexity index is 369. The van der Waals surface area contributed by atoms with E-state index in [1.54, 1.807) is 0 Å². The van der Waals surface area contributed by atoms with Crippen LogP contribution in [0.5, 0.6) is 0 Å². The second-order valence-corrected chi connectivity index (χ2v) is 5.39. The van der Waals surface area contributed by atoms with E-state index in [0.29, 0.717) is 6.04 Å². The number of benzene rings is 1. The van der Waals surface area contributed by atoms with E-state index in [-0.39, 0.29) is 0 Å². The van der Waals surface area contributed by atoms with Gasteiger partial charge in [-0.05, 0) is 44.7 Å². The van der Waals surface area contributed by atoms with Crippen molar-refractivity contribution in [3.05, 3.63) is 34.9 Å². The Morgan fingerprint density at radius 3 is 2.76 bits per heavy atom. The molecule has 2 heteroatoms. The van der Waals surface area contributed by atoms with Gasteiger partial charge in [-0.25, -0.2) is 0 Å². The Balaban J connectivity index is 1.77. The molecule has 1 aliphatic rings. The van der Waals surface area contributed by atoms with Gasteiger partial charge in [0.15, 0.2) is 0 Å². The molecule has 17 heavy (non-hydrogen) atoms. The van der Waals surface area contributed by atoms with Crippen molar-refractivity contribution in [2.24, 2.45) is 0 Å². The zero-order valence-corrected chi connectivity index (χ0v) is 11.2. The zero-order valence-electron chi connectivity index (χ0n) is 11.2. The maximum absolute atomic E-state index is 3.59. The summed E-state index contributed by atoms with van der Waals surface area (Å²) < 4.78 is 0. The Kier molecular flexibility index (Phi) is 4.19. The topological polar surface area (TPSA) is 24.1 Å². The first-order valence-electron chi connectivity index (χ1n) is 6.68. The first kappa shape index (κ1) is 12.6. The lowest BCUT2D eigenvalue weighted by molar-refractivity contribution is 0.499. The van der Waals surface area contributed by atoms with E-state index in [4.69, 9.17) is 0 Å². The Hall–Kier alpha value is -0.860. The maximum atomic E-state index is 3.59. The van der Waals surface area contributed by atoms with Crippen LogP contribution in [-0.2, 0) is 6.54 Å². The summed E-state index contributed by atoms with van der Waals surface area (Å²) >= 11 is 0. The molecule has 0 amide bonds. The quantitative estimate of drug-likeness (QED) is 0.787. The fourth-order valence-corrected chi connectivity index (χ4v) is 1.98. The molecule has 2 rings (SSSR count). The molecule has 1 aromatic carbocycles. The fourth-order valence-electron chi connectivity index (χ4n) is 1.98. The Morgan fingerprint density at radius 1 is 1.29 bits per heavy atom. The second kappa shape index (κ2) is 5.65. The molecule has 0 saturated heterocycles. The molecule has 1 unspecified atom stereocenters. The van der Waals surface area contributed by atoms with Crippen LogP contribution >= 0.6 is 0 Å². The van der Waals surface area contributed by atoms with Gasteiger partial charge in [-0.1, -0.05) is 23.8 Å². The van der Waals surface area contributed by atoms with E-state index >= 15 is 0 Å². The van der Waals surface area contributed by atoms with Crippen LogP contribution < -0.4 is 10.6 Å². The van der Waals surface area contributed by atoms with Gasteiger partial charge in [0.25, 0.3) is 0 Å². The van der Waals surface area contributed by atoms with Crippen molar-refractivity contribution in [2.45, 2.75) is 52.2 Å². The van der Waals surface area contributed by atoms with E-state index in [9.17, 15) is 0 Å². The van der Waals surface area contributed by atoms with Gasteiger partial charge in [0.2, 0.25) is 0 Å². The van der Waals surface area contributed by atoms with Crippen molar-refractivity contribution >= 4 is 0 Å². The van der Waals surface area contributed by atoms with Crippen molar-refractivity contribution in [1.29, 1.82) is 0 Å². The molecule has 1 atom stereocenters. The fraction of sp³-hybridized carbons (Fsp3) is 0.600. The SMILES string of the molecule is Cc1ccc(C)c(CNC(C)CNC2CC2)c1. The molecular weight excluding hydrogens is 208 g/mol. The average Bonchev–Trinajstić information content (AvgIpc) is 3.11. The first-order chi connectivity index (χ1) is 8.15. The van der Waals surface area contributed by atoms with Crippen molar-refractivity contribution in [3.63, 3.8) is 0 Å². The molecule has 0 aromatic heterocycles. The molecule has 0 spiro atoms. The maximum Gasteiger partial charge on any atom is 0.0211 e. The van der Waals surface area contributed by atoms with Gasteiger partial charge in [0.1, 0.15) is 0 Å². The van der Waals surface area contributed by atoms with Crippen LogP contribution in [0.25, 0.3) is 0 Å². The lowest BCUT2D eigenvalue weighted by Gasteiger charge is -2.16. The average molecular weight is 232 g/mol. The van der Waals surface area contributed by atoms with Gasteiger partial charge in [0, 0.05) is 25.2 Å². The summed E-state index contributed by atoms with van der Waals surface area (Å²) in [4.78, 5) is 0. The summed E-state index contributed by atoms with van der Waals surface area (Å²) in [6, 6.07) is 8.01. The van der Waals surface area contributed by atoms with Gasteiger partial charge in [-0.15, -0.1) is 0 Å². The van der Waals surface area contributed by atoms with E-state index in [2.05, 4.69) is 49.6 Å². The normalized spacial score (nSPS) is 17.1. The molecule has 1 aromatic rings. The molecule has 0 aliphatic heterocycles. The van der Waals surface area contributed by atoms with E-state index in [0.717, 1.165) is 19.1 Å². The van der Waals surface area contributed by atoms with Crippen LogP contribution in [0.1, 0.15) is 36.5 Å². The highest BCUT2D eigenvalue weighted by molar-refractivity contribution is 5.30. The smallest absolute Gasteiger partial charge is 0.0211 e. The van der Waals surface area contributed by atoms with Crippen LogP contribution in [0.4, 0.5) is 0 Å². The predicted molar refractivity (Wildman–Crippen MR) is 73.2 cm³/mol. The van der Waals surface area contributed by atoms with E-state index < -0.39 is 0 Å². The summed E-state index contributed by atoms with van der Waals surface area (Å²) in [5.41, 5.74) is 4.14. The summed E-state index contributed by atoms with van der Waals surface area (Å²) in [6.07, 6.45) is 2.73. The highest BCUT2D eigenvalue weighted by Crippen LogP contribution is 2.18. The van der Waals surface area contributed by atoms with E-state index in [1.807, 2.05) is 0 Å². The van der Waals surface area contributed by atoms with Gasteiger partial charge in [0.05, 0.1) is 0 Å². The Morgan fingerprint density at radius 2 is 2.06 bits per heavy atom. The monoisotopic (exact) mass is 232 g/mol. The van der Waals surface area contributed by atoms with Crippen LogP contribution in [0.2, 0.25) is 0 Å². The van der Waals surface area contributed by atoms with Gasteiger partial charge in [-0.2, -0.15) is 0 Å². The van der Waals surface area contributed by atoms with Crippen LogP contribution in [-0.4, -0.2) is 18.6 Å². The van der Waals surface area contributed by atoms with Gasteiger partial charge < -0.3 is 10.6 Å². The van der Waals surface area contributed by atoms with Crippen molar-refractivity contribution in [3.8, 4) is 0 Å². The number of rotatable bonds is 6. The number of aryl methyl sites for hydroxylation is 2. The zero-order chi connectivity index (χ0) is 12.3. The molecular formula is C15H24N2. The molecule has 2 N–H and O–H groups in total. The van der Waals surface area contributed by atoms with Crippen LogP contribution in [0.15, 0.2) is 18.2 Å². The summed E-state index contributed by atoms with van der Waals surface area (Å²) in [5, 5.41) is 7.14. The summed E-state index contributed by atoms with van der Waals surface area (Å²) in [6.45, 7) is 8.64. The highest BCUT2D eigenvalue weighted by Gasteiger charge is 2.20. The number of nitrogens with one attached hydrogen (secondary N) is 2. The van der Waals surface area contributed by atoms with Crippen LogP contribution in [0, 0.1) is 13.8 Å². The third kappa shape index (κ3) is 4.14. The molecule has 1 saturated carbocycles. The molecule has 1 aliphatic carbocycles. The minimum absolute atomic E-state index is 0.538. The second-order valence-electron chi connectivity index (χ2n) is 5.39. The highest BCUT2D eigenvalue weighted by atomic mass is 15.0. The van der Waals surface area contributed by atoms with Gasteiger partial charge in [-0.3, -0.25) is 0 Å². The van der Waals surface area contributed by atoms with Crippen molar-refractivity contribution in [1.82, 2.24) is 10.6 Å². The third-order valence-corrected chi connectivity index (χ3v) is 3.44. The van der Waals surface area contributed by atoms with Crippen LogP contribution in [0.3, 0.4) is 0 Å². The van der Waals surface area contributed by atoms with Crippen molar-refractivity contribution in [2.75, 3.05) is 6.54 Å².